The summed E-state index contributed by atoms with van der Waals surface area (Å²) in [5.74, 6) is 4.39. The normalized spacial score (nSPS) is 48.1. The van der Waals surface area contributed by atoms with Crippen molar-refractivity contribution in [3.63, 3.8) is 0 Å². The van der Waals surface area contributed by atoms with Gasteiger partial charge in [-0.25, -0.2) is 0 Å². The van der Waals surface area contributed by atoms with Crippen molar-refractivity contribution in [3.05, 3.63) is 17.5 Å². The lowest BCUT2D eigenvalue weighted by Crippen LogP contribution is -2.56. The average Bonchev–Trinajstić information content (AvgIpc) is 3.31. The number of hydrogen-bond acceptors (Lipinski definition) is 4. The second-order valence-corrected chi connectivity index (χ2v) is 11.8. The fourth-order valence-electron chi connectivity index (χ4n) is 9.09. The van der Waals surface area contributed by atoms with Crippen molar-refractivity contribution in [2.75, 3.05) is 6.61 Å². The van der Waals surface area contributed by atoms with E-state index in [1.54, 1.807) is 0 Å². The minimum absolute atomic E-state index is 0.253. The Balaban J connectivity index is 1.43. The van der Waals surface area contributed by atoms with Crippen molar-refractivity contribution in [1.29, 1.82) is 0 Å². The third-order valence-corrected chi connectivity index (χ3v) is 10.5. The lowest BCUT2D eigenvalue weighted by Gasteiger charge is -2.63. The second-order valence-electron chi connectivity index (χ2n) is 11.8. The van der Waals surface area contributed by atoms with Gasteiger partial charge < -0.3 is 14.7 Å². The Morgan fingerprint density at radius 1 is 1.07 bits per heavy atom. The van der Waals surface area contributed by atoms with Crippen molar-refractivity contribution in [2.45, 2.75) is 103 Å². The summed E-state index contributed by atoms with van der Waals surface area (Å²) in [7, 11) is 0. The summed E-state index contributed by atoms with van der Waals surface area (Å²) in [4.78, 5) is 0. The molecule has 0 saturated heterocycles. The maximum absolute atomic E-state index is 10.8. The number of aryl methyl sites for hydroxylation is 1. The molecule has 4 fully saturated rings. The number of aliphatic hydroxyl groups is 2. The lowest BCUT2D eigenvalue weighted by molar-refractivity contribution is -0.158. The predicted octanol–water partition coefficient (Wildman–Crippen LogP) is 5.48. The molecule has 1 aromatic rings. The van der Waals surface area contributed by atoms with Gasteiger partial charge in [0.15, 0.2) is 0 Å². The standard InChI is InChI=1S/C26H41NO3/c1-4-18-15-23(27-30-18)22-8-7-20-19-6-5-17-16-24(2,29)11-12-26(17,13-14-28)21(19)9-10-25(20,22)3/h15,17,19-22,28-29H,4-14,16H2,1-3H3/t17-,19+,20+,21+,22-,24-,25+,26-/m1/s1. The third-order valence-electron chi connectivity index (χ3n) is 10.5. The Morgan fingerprint density at radius 3 is 2.63 bits per heavy atom. The lowest BCUT2D eigenvalue weighted by atomic mass is 9.42. The van der Waals surface area contributed by atoms with Crippen LogP contribution in [0.1, 0.15) is 102 Å². The van der Waals surface area contributed by atoms with Crippen LogP contribution in [0.15, 0.2) is 10.6 Å². The van der Waals surface area contributed by atoms with Gasteiger partial charge in [0.25, 0.3) is 0 Å². The fourth-order valence-corrected chi connectivity index (χ4v) is 9.09. The Labute approximate surface area is 181 Å². The monoisotopic (exact) mass is 415 g/mol. The molecule has 0 spiro atoms. The van der Waals surface area contributed by atoms with Gasteiger partial charge in [0, 0.05) is 25.0 Å². The molecule has 4 aliphatic carbocycles. The number of rotatable bonds is 4. The molecule has 4 nitrogen and oxygen atoms in total. The first-order chi connectivity index (χ1) is 14.3. The number of aliphatic hydroxyl groups excluding tert-OH is 1. The van der Waals surface area contributed by atoms with Crippen LogP contribution in [0.25, 0.3) is 0 Å². The minimum Gasteiger partial charge on any atom is -0.396 e. The molecule has 4 saturated carbocycles. The van der Waals surface area contributed by atoms with Gasteiger partial charge in [0.1, 0.15) is 5.76 Å². The molecular formula is C26H41NO3. The van der Waals surface area contributed by atoms with E-state index >= 15 is 0 Å². The summed E-state index contributed by atoms with van der Waals surface area (Å²) in [6.45, 7) is 7.01. The van der Waals surface area contributed by atoms with E-state index in [0.29, 0.717) is 23.9 Å². The number of nitrogens with zero attached hydrogens (tertiary/aromatic N) is 1. The van der Waals surface area contributed by atoms with Crippen molar-refractivity contribution in [3.8, 4) is 0 Å². The van der Waals surface area contributed by atoms with Gasteiger partial charge in [0.05, 0.1) is 11.3 Å². The van der Waals surface area contributed by atoms with Crippen LogP contribution in [0.3, 0.4) is 0 Å². The summed E-state index contributed by atoms with van der Waals surface area (Å²) < 4.78 is 5.59. The van der Waals surface area contributed by atoms with Crippen molar-refractivity contribution in [2.24, 2.45) is 34.5 Å². The Hall–Kier alpha value is -0.870. The SMILES string of the molecule is CCc1cc([C@H]2CC[C@H]3[C@@H]4CC[C@@H]5C[C@](C)(O)CC[C@]5(CCO)[C@H]4CC[C@]23C)no1. The molecule has 1 aromatic heterocycles. The van der Waals surface area contributed by atoms with Crippen molar-refractivity contribution < 1.29 is 14.7 Å². The zero-order valence-electron chi connectivity index (χ0n) is 19.2. The molecule has 0 unspecified atom stereocenters. The number of fused-ring (bicyclic) bond motifs is 5. The average molecular weight is 416 g/mol. The van der Waals surface area contributed by atoms with E-state index in [2.05, 4.69) is 25.1 Å². The Kier molecular flexibility index (Phi) is 5.13. The van der Waals surface area contributed by atoms with Crippen LogP contribution in [-0.2, 0) is 6.42 Å². The van der Waals surface area contributed by atoms with E-state index in [1.807, 2.05) is 6.92 Å². The largest absolute Gasteiger partial charge is 0.396 e. The van der Waals surface area contributed by atoms with Crippen LogP contribution in [0.5, 0.6) is 0 Å². The van der Waals surface area contributed by atoms with Crippen LogP contribution >= 0.6 is 0 Å². The van der Waals surface area contributed by atoms with Gasteiger partial charge in [-0.2, -0.15) is 0 Å². The molecule has 4 heteroatoms. The minimum atomic E-state index is -0.512. The fraction of sp³-hybridized carbons (Fsp3) is 0.885. The molecule has 2 N–H and O–H groups in total. The maximum atomic E-state index is 10.8. The van der Waals surface area contributed by atoms with Gasteiger partial charge in [-0.15, -0.1) is 0 Å². The number of hydrogen-bond donors (Lipinski definition) is 2. The highest BCUT2D eigenvalue weighted by Crippen LogP contribution is 2.70. The highest BCUT2D eigenvalue weighted by atomic mass is 16.5. The van der Waals surface area contributed by atoms with Crippen LogP contribution < -0.4 is 0 Å². The Morgan fingerprint density at radius 2 is 1.90 bits per heavy atom. The molecule has 5 rings (SSSR count). The molecule has 168 valence electrons. The quantitative estimate of drug-likeness (QED) is 0.684. The maximum Gasteiger partial charge on any atom is 0.136 e. The summed E-state index contributed by atoms with van der Waals surface area (Å²) in [6, 6.07) is 2.22. The molecule has 4 aliphatic rings. The molecular weight excluding hydrogens is 374 g/mol. The Bertz CT molecular complexity index is 772. The van der Waals surface area contributed by atoms with Gasteiger partial charge in [-0.3, -0.25) is 0 Å². The van der Waals surface area contributed by atoms with Gasteiger partial charge in [0.2, 0.25) is 0 Å². The van der Waals surface area contributed by atoms with Crippen LogP contribution in [-0.4, -0.2) is 27.6 Å². The van der Waals surface area contributed by atoms with Crippen molar-refractivity contribution in [1.82, 2.24) is 5.16 Å². The van der Waals surface area contributed by atoms with E-state index in [0.717, 1.165) is 55.6 Å². The molecule has 0 aromatic carbocycles. The van der Waals surface area contributed by atoms with Crippen LogP contribution in [0, 0.1) is 34.5 Å². The smallest absolute Gasteiger partial charge is 0.136 e. The molecule has 0 aliphatic heterocycles. The summed E-state index contributed by atoms with van der Waals surface area (Å²) in [6.07, 6.45) is 12.4. The van der Waals surface area contributed by atoms with Gasteiger partial charge in [-0.1, -0.05) is 19.0 Å². The van der Waals surface area contributed by atoms with Crippen LogP contribution in [0.4, 0.5) is 0 Å². The summed E-state index contributed by atoms with van der Waals surface area (Å²) >= 11 is 0. The third kappa shape index (κ3) is 3.03. The molecule has 0 amide bonds. The van der Waals surface area contributed by atoms with E-state index in [4.69, 9.17) is 4.52 Å². The zero-order chi connectivity index (χ0) is 21.1. The van der Waals surface area contributed by atoms with Gasteiger partial charge in [-0.05, 0) is 106 Å². The predicted molar refractivity (Wildman–Crippen MR) is 117 cm³/mol. The first-order valence-electron chi connectivity index (χ1n) is 12.6. The summed E-state index contributed by atoms with van der Waals surface area (Å²) in [5.41, 5.74) is 1.27. The first kappa shape index (κ1) is 21.0. The molecule has 0 bridgehead atoms. The molecule has 1 heterocycles. The van der Waals surface area contributed by atoms with Crippen LogP contribution in [0.2, 0.25) is 0 Å². The molecule has 0 radical (unpaired) electrons. The highest BCUT2D eigenvalue weighted by molar-refractivity contribution is 5.21. The molecule has 30 heavy (non-hydrogen) atoms. The summed E-state index contributed by atoms with van der Waals surface area (Å²) in [5, 5.41) is 25.3. The van der Waals surface area contributed by atoms with Gasteiger partial charge >= 0.3 is 0 Å². The topological polar surface area (TPSA) is 66.5 Å². The molecule has 8 atom stereocenters. The second kappa shape index (κ2) is 7.33. The van der Waals surface area contributed by atoms with E-state index in [1.165, 1.54) is 44.2 Å². The van der Waals surface area contributed by atoms with Crippen molar-refractivity contribution >= 4 is 0 Å². The van der Waals surface area contributed by atoms with E-state index in [-0.39, 0.29) is 5.41 Å². The zero-order valence-corrected chi connectivity index (χ0v) is 19.2. The van der Waals surface area contributed by atoms with E-state index in [9.17, 15) is 10.2 Å². The number of aromatic nitrogens is 1. The first-order valence-corrected chi connectivity index (χ1v) is 12.6. The highest BCUT2D eigenvalue weighted by Gasteiger charge is 2.62. The van der Waals surface area contributed by atoms with E-state index < -0.39 is 5.60 Å².